The normalized spacial score (nSPS) is 10.4. The summed E-state index contributed by atoms with van der Waals surface area (Å²) in [7, 11) is 0. The number of ether oxygens (including phenoxy) is 1. The first-order valence-electron chi connectivity index (χ1n) is 8.54. The van der Waals surface area contributed by atoms with Crippen molar-refractivity contribution in [2.75, 3.05) is 11.5 Å². The predicted octanol–water partition coefficient (Wildman–Crippen LogP) is 3.68. The van der Waals surface area contributed by atoms with Crippen molar-refractivity contribution in [1.29, 1.82) is 0 Å². The van der Waals surface area contributed by atoms with E-state index in [0.717, 1.165) is 16.8 Å². The lowest BCUT2D eigenvalue weighted by Crippen LogP contribution is -2.34. The highest BCUT2D eigenvalue weighted by atomic mass is 16.6. The van der Waals surface area contributed by atoms with Crippen molar-refractivity contribution < 1.29 is 18.8 Å². The van der Waals surface area contributed by atoms with E-state index in [1.165, 1.54) is 6.07 Å². The molecule has 0 aliphatic heterocycles. The molecule has 0 aliphatic carbocycles. The number of amides is 1. The zero-order valence-corrected chi connectivity index (χ0v) is 15.2. The van der Waals surface area contributed by atoms with Crippen LogP contribution in [0.4, 0.5) is 5.69 Å². The maximum absolute atomic E-state index is 12.8. The predicted molar refractivity (Wildman–Crippen MR) is 100 cm³/mol. The number of anilines is 1. The van der Waals surface area contributed by atoms with Crippen LogP contribution < -0.4 is 4.90 Å². The molecule has 3 aromatic rings. The van der Waals surface area contributed by atoms with Gasteiger partial charge in [0.05, 0.1) is 12.2 Å². The maximum atomic E-state index is 12.8. The molecule has 0 saturated heterocycles. The van der Waals surface area contributed by atoms with Gasteiger partial charge in [0.2, 0.25) is 5.76 Å². The summed E-state index contributed by atoms with van der Waals surface area (Å²) in [4.78, 5) is 26.4. The Hall–Kier alpha value is -3.41. The summed E-state index contributed by atoms with van der Waals surface area (Å²) in [6.45, 7) is 3.65. The minimum absolute atomic E-state index is 0.0227. The Morgan fingerprint density at radius 2 is 1.81 bits per heavy atom. The summed E-state index contributed by atoms with van der Waals surface area (Å²) < 4.78 is 9.98. The van der Waals surface area contributed by atoms with Crippen molar-refractivity contribution in [3.05, 3.63) is 83.2 Å². The van der Waals surface area contributed by atoms with Gasteiger partial charge >= 0.3 is 5.97 Å². The molecule has 1 aromatic heterocycles. The van der Waals surface area contributed by atoms with Crippen LogP contribution in [0.15, 0.2) is 65.2 Å². The molecule has 0 unspecified atom stereocenters. The topological polar surface area (TPSA) is 72.6 Å². The highest BCUT2D eigenvalue weighted by Gasteiger charge is 2.20. The Bertz CT molecular complexity index is 934. The summed E-state index contributed by atoms with van der Waals surface area (Å²) >= 11 is 0. The van der Waals surface area contributed by atoms with Crippen LogP contribution in [0.5, 0.6) is 0 Å². The van der Waals surface area contributed by atoms with E-state index in [-0.39, 0.29) is 18.3 Å². The van der Waals surface area contributed by atoms with Gasteiger partial charge in [-0.25, -0.2) is 4.79 Å². The Kier molecular flexibility index (Phi) is 5.66. The molecule has 0 bridgehead atoms. The van der Waals surface area contributed by atoms with Crippen LogP contribution in [-0.2, 0) is 16.1 Å². The quantitative estimate of drug-likeness (QED) is 0.624. The number of esters is 1. The van der Waals surface area contributed by atoms with Gasteiger partial charge in [0.1, 0.15) is 0 Å². The van der Waals surface area contributed by atoms with Crippen molar-refractivity contribution in [2.24, 2.45) is 0 Å². The van der Waals surface area contributed by atoms with Crippen LogP contribution in [0.25, 0.3) is 0 Å². The second-order valence-corrected chi connectivity index (χ2v) is 6.21. The largest absolute Gasteiger partial charge is 0.450 e. The molecule has 0 atom stereocenters. The van der Waals surface area contributed by atoms with E-state index < -0.39 is 5.97 Å². The highest BCUT2D eigenvalue weighted by Crippen LogP contribution is 2.19. The van der Waals surface area contributed by atoms with Crippen LogP contribution in [0.1, 0.15) is 27.4 Å². The van der Waals surface area contributed by atoms with E-state index in [1.807, 2.05) is 61.5 Å². The Labute approximate surface area is 157 Å². The fourth-order valence-electron chi connectivity index (χ4n) is 2.62. The fourth-order valence-corrected chi connectivity index (χ4v) is 2.62. The maximum Gasteiger partial charge on any atom is 0.377 e. The number of nitrogens with zero attached hydrogens (tertiary/aromatic N) is 2. The number of benzene rings is 2. The Morgan fingerprint density at radius 1 is 1.04 bits per heavy atom. The molecule has 138 valence electrons. The monoisotopic (exact) mass is 364 g/mol. The minimum Gasteiger partial charge on any atom is -0.450 e. The van der Waals surface area contributed by atoms with Crippen LogP contribution in [0, 0.1) is 13.8 Å². The van der Waals surface area contributed by atoms with Crippen LogP contribution in [-0.4, -0.2) is 23.6 Å². The van der Waals surface area contributed by atoms with Crippen molar-refractivity contribution in [1.82, 2.24) is 5.16 Å². The SMILES string of the molecule is Cc1cccc(N(Cc2ccccc2)C(=O)COC(=O)c2cc(C)no2)c1. The third kappa shape index (κ3) is 4.82. The fraction of sp³-hybridized carbons (Fsp3) is 0.190. The molecule has 0 radical (unpaired) electrons. The summed E-state index contributed by atoms with van der Waals surface area (Å²) in [5.41, 5.74) is 3.33. The Balaban J connectivity index is 1.75. The van der Waals surface area contributed by atoms with Gasteiger partial charge in [-0.05, 0) is 37.1 Å². The zero-order valence-electron chi connectivity index (χ0n) is 15.2. The van der Waals surface area contributed by atoms with Crippen LogP contribution in [0.3, 0.4) is 0 Å². The van der Waals surface area contributed by atoms with Gasteiger partial charge in [0, 0.05) is 11.8 Å². The molecule has 0 aliphatic rings. The minimum atomic E-state index is -0.715. The van der Waals surface area contributed by atoms with E-state index in [0.29, 0.717) is 12.2 Å². The second-order valence-electron chi connectivity index (χ2n) is 6.21. The molecule has 0 N–H and O–H groups in total. The summed E-state index contributed by atoms with van der Waals surface area (Å²) in [6.07, 6.45) is 0. The lowest BCUT2D eigenvalue weighted by molar-refractivity contribution is -0.121. The van der Waals surface area contributed by atoms with Crippen molar-refractivity contribution in [2.45, 2.75) is 20.4 Å². The van der Waals surface area contributed by atoms with E-state index in [4.69, 9.17) is 9.26 Å². The van der Waals surface area contributed by atoms with Gasteiger partial charge in [-0.15, -0.1) is 0 Å². The number of aryl methyl sites for hydroxylation is 2. The summed E-state index contributed by atoms with van der Waals surface area (Å²) in [5.74, 6) is -1.06. The van der Waals surface area contributed by atoms with E-state index in [1.54, 1.807) is 11.8 Å². The van der Waals surface area contributed by atoms with Gasteiger partial charge in [-0.2, -0.15) is 0 Å². The van der Waals surface area contributed by atoms with E-state index in [9.17, 15) is 9.59 Å². The first kappa shape index (κ1) is 18.4. The standard InChI is InChI=1S/C21H20N2O4/c1-15-7-6-10-18(11-15)23(13-17-8-4-3-5-9-17)20(24)14-26-21(25)19-12-16(2)22-27-19/h3-12H,13-14H2,1-2H3. The highest BCUT2D eigenvalue weighted by molar-refractivity contribution is 5.96. The summed E-state index contributed by atoms with van der Waals surface area (Å²) in [5, 5.41) is 3.64. The number of rotatable bonds is 6. The van der Waals surface area contributed by atoms with Gasteiger partial charge in [0.15, 0.2) is 6.61 Å². The second kappa shape index (κ2) is 8.31. The van der Waals surface area contributed by atoms with Crippen molar-refractivity contribution in [3.8, 4) is 0 Å². The van der Waals surface area contributed by atoms with E-state index >= 15 is 0 Å². The number of carbonyl (C=O) groups is 2. The molecule has 1 heterocycles. The molecule has 6 nitrogen and oxygen atoms in total. The molecule has 0 spiro atoms. The molecule has 0 saturated carbocycles. The van der Waals surface area contributed by atoms with Crippen molar-refractivity contribution in [3.63, 3.8) is 0 Å². The molecule has 1 amide bonds. The average molecular weight is 364 g/mol. The van der Waals surface area contributed by atoms with E-state index in [2.05, 4.69) is 5.16 Å². The first-order valence-corrected chi connectivity index (χ1v) is 8.54. The Morgan fingerprint density at radius 3 is 2.48 bits per heavy atom. The van der Waals surface area contributed by atoms with Gasteiger partial charge in [0.25, 0.3) is 5.91 Å². The van der Waals surface area contributed by atoms with Gasteiger partial charge in [-0.1, -0.05) is 47.6 Å². The third-order valence-corrected chi connectivity index (χ3v) is 3.95. The molecular formula is C21H20N2O4. The van der Waals surface area contributed by atoms with Gasteiger partial charge in [-0.3, -0.25) is 4.79 Å². The smallest absolute Gasteiger partial charge is 0.377 e. The summed E-state index contributed by atoms with van der Waals surface area (Å²) in [6, 6.07) is 18.7. The number of carbonyl (C=O) groups excluding carboxylic acids is 2. The molecular weight excluding hydrogens is 344 g/mol. The third-order valence-electron chi connectivity index (χ3n) is 3.95. The molecule has 3 rings (SSSR count). The van der Waals surface area contributed by atoms with Gasteiger partial charge < -0.3 is 14.2 Å². The lowest BCUT2D eigenvalue weighted by atomic mass is 10.1. The molecule has 2 aromatic carbocycles. The zero-order chi connectivity index (χ0) is 19.2. The van der Waals surface area contributed by atoms with Crippen molar-refractivity contribution >= 4 is 17.6 Å². The van der Waals surface area contributed by atoms with Crippen LogP contribution in [0.2, 0.25) is 0 Å². The average Bonchev–Trinajstić information content (AvgIpc) is 3.11. The number of aromatic nitrogens is 1. The lowest BCUT2D eigenvalue weighted by Gasteiger charge is -2.23. The number of hydrogen-bond donors (Lipinski definition) is 0. The first-order chi connectivity index (χ1) is 13.0. The number of hydrogen-bond acceptors (Lipinski definition) is 5. The van der Waals surface area contributed by atoms with Crippen LogP contribution >= 0.6 is 0 Å². The molecule has 6 heteroatoms. The molecule has 0 fully saturated rings. The molecule has 27 heavy (non-hydrogen) atoms.